The van der Waals surface area contributed by atoms with Crippen LogP contribution in [0, 0.1) is 0 Å². The number of anilines is 1. The van der Waals surface area contributed by atoms with Gasteiger partial charge in [0.05, 0.1) is 18.3 Å². The van der Waals surface area contributed by atoms with E-state index in [1.54, 1.807) is 23.0 Å². The van der Waals surface area contributed by atoms with Crippen LogP contribution in [-0.4, -0.2) is 39.4 Å². The Morgan fingerprint density at radius 2 is 2.08 bits per heavy atom. The van der Waals surface area contributed by atoms with Crippen LogP contribution in [0.5, 0.6) is 0 Å². The minimum absolute atomic E-state index is 0.175. The first-order valence-electron chi connectivity index (χ1n) is 8.02. The van der Waals surface area contributed by atoms with E-state index >= 15 is 0 Å². The first-order valence-corrected chi connectivity index (χ1v) is 8.02. The average Bonchev–Trinajstić information content (AvgIpc) is 3.07. The largest absolute Gasteiger partial charge is 0.370 e. The minimum Gasteiger partial charge on any atom is -0.370 e. The highest BCUT2D eigenvalue weighted by atomic mass is 19.3. The minimum atomic E-state index is -2.71. The molecule has 25 heavy (non-hydrogen) atoms. The van der Waals surface area contributed by atoms with E-state index in [9.17, 15) is 8.78 Å². The molecule has 0 amide bonds. The van der Waals surface area contributed by atoms with Gasteiger partial charge in [-0.15, -0.1) is 0 Å². The highest BCUT2D eigenvalue weighted by Crippen LogP contribution is 2.31. The van der Waals surface area contributed by atoms with Crippen molar-refractivity contribution < 1.29 is 13.5 Å². The number of hydrogen-bond acceptors (Lipinski definition) is 5. The summed E-state index contributed by atoms with van der Waals surface area (Å²) in [5.41, 5.74) is 1.48. The molecule has 0 saturated carbocycles. The van der Waals surface area contributed by atoms with Gasteiger partial charge >= 0.3 is 0 Å². The van der Waals surface area contributed by atoms with Crippen molar-refractivity contribution in [3.8, 4) is 0 Å². The number of benzene rings is 1. The fourth-order valence-corrected chi connectivity index (χ4v) is 3.07. The number of nitrogens with zero attached hydrogens (tertiary/aromatic N) is 5. The van der Waals surface area contributed by atoms with Crippen molar-refractivity contribution in [2.24, 2.45) is 7.05 Å². The van der Waals surface area contributed by atoms with E-state index in [0.29, 0.717) is 31.0 Å². The Morgan fingerprint density at radius 3 is 2.84 bits per heavy atom. The van der Waals surface area contributed by atoms with Gasteiger partial charge in [-0.2, -0.15) is 5.10 Å². The van der Waals surface area contributed by atoms with E-state index in [4.69, 9.17) is 4.74 Å². The first kappa shape index (κ1) is 15.9. The van der Waals surface area contributed by atoms with Gasteiger partial charge in [0.2, 0.25) is 0 Å². The van der Waals surface area contributed by atoms with Gasteiger partial charge in [0.1, 0.15) is 11.9 Å². The number of halogens is 2. The van der Waals surface area contributed by atoms with Crippen LogP contribution in [0.4, 0.5) is 14.6 Å². The van der Waals surface area contributed by atoms with Crippen molar-refractivity contribution in [3.05, 3.63) is 48.0 Å². The molecule has 0 N–H and O–H groups in total. The van der Waals surface area contributed by atoms with Crippen LogP contribution in [0.15, 0.2) is 36.7 Å². The zero-order chi connectivity index (χ0) is 17.4. The Morgan fingerprint density at radius 1 is 1.24 bits per heavy atom. The third-order valence-corrected chi connectivity index (χ3v) is 4.26. The summed E-state index contributed by atoms with van der Waals surface area (Å²) in [5, 5.41) is 4.93. The summed E-state index contributed by atoms with van der Waals surface area (Å²) in [5.74, 6) is 0.0798. The molecule has 3 aromatic rings. The van der Waals surface area contributed by atoms with E-state index in [-0.39, 0.29) is 6.10 Å². The lowest BCUT2D eigenvalue weighted by atomic mass is 10.1. The number of morpholine rings is 1. The molecule has 0 aliphatic carbocycles. The van der Waals surface area contributed by atoms with Crippen molar-refractivity contribution in [1.82, 2.24) is 19.7 Å². The molecular weight excluding hydrogens is 328 g/mol. The fraction of sp³-hybridized carbons (Fsp3) is 0.353. The summed E-state index contributed by atoms with van der Waals surface area (Å²) in [6.45, 7) is 1.59. The second-order valence-electron chi connectivity index (χ2n) is 5.98. The van der Waals surface area contributed by atoms with Gasteiger partial charge in [0.25, 0.3) is 6.43 Å². The van der Waals surface area contributed by atoms with Crippen molar-refractivity contribution in [3.63, 3.8) is 0 Å². The highest BCUT2D eigenvalue weighted by molar-refractivity contribution is 5.89. The van der Waals surface area contributed by atoms with Crippen LogP contribution in [0.2, 0.25) is 0 Å². The number of aromatic nitrogens is 4. The quantitative estimate of drug-likeness (QED) is 0.731. The monoisotopic (exact) mass is 345 g/mol. The molecule has 1 atom stereocenters. The van der Waals surface area contributed by atoms with E-state index < -0.39 is 12.2 Å². The molecule has 4 rings (SSSR count). The Hall–Kier alpha value is -2.61. The van der Waals surface area contributed by atoms with Crippen LogP contribution in [-0.2, 0) is 11.8 Å². The summed E-state index contributed by atoms with van der Waals surface area (Å²) in [4.78, 5) is 10.1. The first-order chi connectivity index (χ1) is 12.1. The van der Waals surface area contributed by atoms with Gasteiger partial charge in [-0.25, -0.2) is 18.7 Å². The van der Waals surface area contributed by atoms with Gasteiger partial charge in [0, 0.05) is 37.3 Å². The van der Waals surface area contributed by atoms with Crippen LogP contribution >= 0.6 is 0 Å². The van der Waals surface area contributed by atoms with Gasteiger partial charge in [-0.1, -0.05) is 12.1 Å². The predicted octanol–water partition coefficient (Wildman–Crippen LogP) is 2.88. The maximum atomic E-state index is 13.2. The summed E-state index contributed by atoms with van der Waals surface area (Å²) in [7, 11) is 1.84. The zero-order valence-corrected chi connectivity index (χ0v) is 13.6. The number of rotatable bonds is 3. The lowest BCUT2D eigenvalue weighted by molar-refractivity contribution is 0.0395. The van der Waals surface area contributed by atoms with Crippen LogP contribution < -0.4 is 4.90 Å². The highest BCUT2D eigenvalue weighted by Gasteiger charge is 2.26. The second kappa shape index (κ2) is 6.36. The number of para-hydroxylation sites is 1. The maximum Gasteiger partial charge on any atom is 0.297 e. The molecule has 0 bridgehead atoms. The van der Waals surface area contributed by atoms with Crippen molar-refractivity contribution in [2.75, 3.05) is 24.6 Å². The Kier molecular flexibility index (Phi) is 4.04. The van der Waals surface area contributed by atoms with Gasteiger partial charge < -0.3 is 9.64 Å². The molecule has 1 fully saturated rings. The van der Waals surface area contributed by atoms with Crippen LogP contribution in [0.1, 0.15) is 23.9 Å². The molecule has 1 aliphatic rings. The molecule has 1 saturated heterocycles. The molecule has 1 aliphatic heterocycles. The lowest BCUT2D eigenvalue weighted by Crippen LogP contribution is -2.39. The Labute approximate surface area is 143 Å². The molecule has 130 valence electrons. The molecule has 2 aromatic heterocycles. The van der Waals surface area contributed by atoms with E-state index in [2.05, 4.69) is 15.1 Å². The number of hydrogen-bond donors (Lipinski definition) is 0. The predicted molar refractivity (Wildman–Crippen MR) is 88.6 cm³/mol. The summed E-state index contributed by atoms with van der Waals surface area (Å²) in [6, 6.07) is 7.22. The molecular formula is C17H17F2N5O. The van der Waals surface area contributed by atoms with Crippen LogP contribution in [0.25, 0.3) is 10.9 Å². The Bertz CT molecular complexity index is 898. The molecule has 8 heteroatoms. The molecule has 0 unspecified atom stereocenters. The second-order valence-corrected chi connectivity index (χ2v) is 5.98. The third kappa shape index (κ3) is 3.05. The maximum absolute atomic E-state index is 13.2. The van der Waals surface area contributed by atoms with Crippen molar-refractivity contribution in [1.29, 1.82) is 0 Å². The zero-order valence-electron chi connectivity index (χ0n) is 13.6. The summed E-state index contributed by atoms with van der Waals surface area (Å²) < 4.78 is 34.0. The lowest BCUT2D eigenvalue weighted by Gasteiger charge is -2.34. The standard InChI is InChI=1S/C17H17F2N5O/c1-23-9-11(8-20-23)14-10-24(6-7-25-14)17-12-4-2-3-5-13(12)21-16(22-17)15(18)19/h2-5,8-9,14-15H,6-7,10H2,1H3/t14-/m0/s1. The molecule has 0 radical (unpaired) electrons. The normalized spacial score (nSPS) is 18.2. The van der Waals surface area contributed by atoms with Gasteiger partial charge in [0.15, 0.2) is 5.82 Å². The molecule has 0 spiro atoms. The summed E-state index contributed by atoms with van der Waals surface area (Å²) in [6.07, 6.45) is 0.776. The van der Waals surface area contributed by atoms with E-state index in [0.717, 1.165) is 10.9 Å². The van der Waals surface area contributed by atoms with Gasteiger partial charge in [-0.05, 0) is 12.1 Å². The molecule has 3 heterocycles. The summed E-state index contributed by atoms with van der Waals surface area (Å²) >= 11 is 0. The van der Waals surface area contributed by atoms with Crippen molar-refractivity contribution in [2.45, 2.75) is 12.5 Å². The smallest absolute Gasteiger partial charge is 0.297 e. The SMILES string of the molecule is Cn1cc([C@@H]2CN(c3nc(C(F)F)nc4ccccc34)CCO2)cn1. The number of alkyl halides is 2. The van der Waals surface area contributed by atoms with E-state index in [1.807, 2.05) is 30.3 Å². The van der Waals surface area contributed by atoms with Crippen molar-refractivity contribution >= 4 is 16.7 Å². The molecule has 6 nitrogen and oxygen atoms in total. The van der Waals surface area contributed by atoms with E-state index in [1.165, 1.54) is 0 Å². The fourth-order valence-electron chi connectivity index (χ4n) is 3.07. The Balaban J connectivity index is 1.72. The third-order valence-electron chi connectivity index (χ3n) is 4.26. The van der Waals surface area contributed by atoms with Crippen LogP contribution in [0.3, 0.4) is 0 Å². The number of aryl methyl sites for hydroxylation is 1. The number of ether oxygens (including phenoxy) is 1. The topological polar surface area (TPSA) is 56.1 Å². The average molecular weight is 345 g/mol. The number of fused-ring (bicyclic) bond motifs is 1. The molecule has 1 aromatic carbocycles. The van der Waals surface area contributed by atoms with Gasteiger partial charge in [-0.3, -0.25) is 4.68 Å².